The summed E-state index contributed by atoms with van der Waals surface area (Å²) in [5, 5.41) is 0. The quantitative estimate of drug-likeness (QED) is 0.777. The standard InChI is InChI=1S/C16H20BrNO3/c1-12(19-2)16-14(17)10-13(11-18-16)6-5-9-21-15-7-3-4-8-20-15/h10-12,15H,3-4,7-9H2,1-2H3/t12-,15?/m0/s1. The fourth-order valence-electron chi connectivity index (χ4n) is 2.04. The Morgan fingerprint density at radius 2 is 2.38 bits per heavy atom. The van der Waals surface area contributed by atoms with Crippen LogP contribution in [-0.4, -0.2) is 31.6 Å². The highest BCUT2D eigenvalue weighted by molar-refractivity contribution is 9.10. The number of ether oxygens (including phenoxy) is 3. The summed E-state index contributed by atoms with van der Waals surface area (Å²) >= 11 is 3.50. The number of aromatic nitrogens is 1. The molecule has 1 aromatic heterocycles. The van der Waals surface area contributed by atoms with Crippen LogP contribution in [0.3, 0.4) is 0 Å². The van der Waals surface area contributed by atoms with Gasteiger partial charge in [-0.25, -0.2) is 0 Å². The molecule has 4 nitrogen and oxygen atoms in total. The second-order valence-electron chi connectivity index (χ2n) is 4.88. The molecule has 0 aromatic carbocycles. The minimum absolute atomic E-state index is 0.0480. The minimum atomic E-state index is -0.0946. The zero-order chi connectivity index (χ0) is 15.1. The number of pyridine rings is 1. The first-order chi connectivity index (χ1) is 10.2. The van der Waals surface area contributed by atoms with Crippen LogP contribution in [0.25, 0.3) is 0 Å². The Bertz CT molecular complexity index is 518. The highest BCUT2D eigenvalue weighted by Gasteiger charge is 2.13. The second kappa shape index (κ2) is 8.50. The van der Waals surface area contributed by atoms with Gasteiger partial charge in [0.1, 0.15) is 6.61 Å². The van der Waals surface area contributed by atoms with Crippen LogP contribution >= 0.6 is 15.9 Å². The lowest BCUT2D eigenvalue weighted by Gasteiger charge is -2.21. The third-order valence-corrected chi connectivity index (χ3v) is 3.96. The SMILES string of the molecule is CO[C@@H](C)c1ncc(C#CCOC2CCCCO2)cc1Br. The summed E-state index contributed by atoms with van der Waals surface area (Å²) in [6, 6.07) is 1.95. The maximum Gasteiger partial charge on any atom is 0.158 e. The summed E-state index contributed by atoms with van der Waals surface area (Å²) in [5.41, 5.74) is 1.72. The van der Waals surface area contributed by atoms with E-state index in [1.807, 2.05) is 13.0 Å². The van der Waals surface area contributed by atoms with Gasteiger partial charge >= 0.3 is 0 Å². The van der Waals surface area contributed by atoms with Crippen molar-refractivity contribution in [1.82, 2.24) is 4.98 Å². The molecule has 0 radical (unpaired) electrons. The number of halogens is 1. The van der Waals surface area contributed by atoms with Gasteiger partial charge in [-0.3, -0.25) is 4.98 Å². The Morgan fingerprint density at radius 1 is 1.52 bits per heavy atom. The van der Waals surface area contributed by atoms with E-state index in [1.54, 1.807) is 13.3 Å². The lowest BCUT2D eigenvalue weighted by Crippen LogP contribution is -2.22. The highest BCUT2D eigenvalue weighted by Crippen LogP contribution is 2.23. The molecule has 1 fully saturated rings. The average Bonchev–Trinajstić information content (AvgIpc) is 2.52. The molecular weight excluding hydrogens is 334 g/mol. The Morgan fingerprint density at radius 3 is 3.05 bits per heavy atom. The molecule has 1 aliphatic heterocycles. The molecule has 5 heteroatoms. The van der Waals surface area contributed by atoms with Crippen LogP contribution in [0.2, 0.25) is 0 Å². The summed E-state index contributed by atoms with van der Waals surface area (Å²) in [5.74, 6) is 6.04. The number of hydrogen-bond donors (Lipinski definition) is 0. The predicted molar refractivity (Wildman–Crippen MR) is 83.8 cm³/mol. The first kappa shape index (κ1) is 16.4. The molecule has 0 spiro atoms. The molecule has 1 saturated heterocycles. The molecule has 0 N–H and O–H groups in total. The molecule has 114 valence electrons. The second-order valence-corrected chi connectivity index (χ2v) is 5.73. The molecule has 1 aromatic rings. The van der Waals surface area contributed by atoms with Crippen LogP contribution in [0.1, 0.15) is 43.5 Å². The van der Waals surface area contributed by atoms with Crippen molar-refractivity contribution in [3.8, 4) is 11.8 Å². The Balaban J connectivity index is 1.88. The Kier molecular flexibility index (Phi) is 6.65. The zero-order valence-electron chi connectivity index (χ0n) is 12.4. The molecule has 1 unspecified atom stereocenters. The van der Waals surface area contributed by atoms with Gasteiger partial charge in [-0.2, -0.15) is 0 Å². The van der Waals surface area contributed by atoms with E-state index in [1.165, 1.54) is 0 Å². The van der Waals surface area contributed by atoms with Gasteiger partial charge in [0.2, 0.25) is 0 Å². The first-order valence-corrected chi connectivity index (χ1v) is 7.90. The lowest BCUT2D eigenvalue weighted by atomic mass is 10.2. The van der Waals surface area contributed by atoms with Gasteiger partial charge in [0, 0.05) is 29.9 Å². The number of nitrogens with zero attached hydrogens (tertiary/aromatic N) is 1. The molecule has 2 heterocycles. The van der Waals surface area contributed by atoms with Crippen molar-refractivity contribution < 1.29 is 14.2 Å². The predicted octanol–water partition coefficient (Wildman–Crippen LogP) is 3.45. The van der Waals surface area contributed by atoms with Gasteiger partial charge in [-0.05, 0) is 48.2 Å². The van der Waals surface area contributed by atoms with Crippen molar-refractivity contribution in [1.29, 1.82) is 0 Å². The molecule has 2 atom stereocenters. The van der Waals surface area contributed by atoms with Crippen molar-refractivity contribution >= 4 is 15.9 Å². The first-order valence-electron chi connectivity index (χ1n) is 7.11. The molecular formula is C16H20BrNO3. The van der Waals surface area contributed by atoms with E-state index in [0.29, 0.717) is 6.61 Å². The van der Waals surface area contributed by atoms with Gasteiger partial charge in [0.05, 0.1) is 11.8 Å². The third kappa shape index (κ3) is 5.08. The van der Waals surface area contributed by atoms with Crippen LogP contribution < -0.4 is 0 Å². The van der Waals surface area contributed by atoms with Gasteiger partial charge < -0.3 is 14.2 Å². The van der Waals surface area contributed by atoms with Crippen LogP contribution in [0.5, 0.6) is 0 Å². The molecule has 21 heavy (non-hydrogen) atoms. The summed E-state index contributed by atoms with van der Waals surface area (Å²) in [4.78, 5) is 4.38. The summed E-state index contributed by atoms with van der Waals surface area (Å²) in [6.45, 7) is 3.11. The molecule has 1 aliphatic rings. The van der Waals surface area contributed by atoms with Gasteiger partial charge in [-0.1, -0.05) is 11.8 Å². The van der Waals surface area contributed by atoms with E-state index < -0.39 is 0 Å². The van der Waals surface area contributed by atoms with E-state index >= 15 is 0 Å². The summed E-state index contributed by atoms with van der Waals surface area (Å²) < 4.78 is 17.2. The normalized spacial score (nSPS) is 19.7. The highest BCUT2D eigenvalue weighted by atomic mass is 79.9. The number of methoxy groups -OCH3 is 1. The van der Waals surface area contributed by atoms with Crippen molar-refractivity contribution in [2.24, 2.45) is 0 Å². The van der Waals surface area contributed by atoms with E-state index in [4.69, 9.17) is 14.2 Å². The fraction of sp³-hybridized carbons (Fsp3) is 0.562. The van der Waals surface area contributed by atoms with Crippen LogP contribution in [0.4, 0.5) is 0 Å². The van der Waals surface area contributed by atoms with Crippen LogP contribution in [0.15, 0.2) is 16.7 Å². The minimum Gasteiger partial charge on any atom is -0.375 e. The van der Waals surface area contributed by atoms with E-state index in [9.17, 15) is 0 Å². The van der Waals surface area contributed by atoms with Gasteiger partial charge in [0.15, 0.2) is 6.29 Å². The third-order valence-electron chi connectivity index (χ3n) is 3.32. The summed E-state index contributed by atoms with van der Waals surface area (Å²) in [6.07, 6.45) is 4.85. The van der Waals surface area contributed by atoms with E-state index in [0.717, 1.165) is 41.6 Å². The van der Waals surface area contributed by atoms with Gasteiger partial charge in [-0.15, -0.1) is 0 Å². The van der Waals surface area contributed by atoms with Crippen molar-refractivity contribution in [3.63, 3.8) is 0 Å². The van der Waals surface area contributed by atoms with E-state index in [2.05, 4.69) is 32.8 Å². The lowest BCUT2D eigenvalue weighted by molar-refractivity contribution is -0.154. The Hall–Kier alpha value is -0.930. The molecule has 2 rings (SSSR count). The zero-order valence-corrected chi connectivity index (χ0v) is 14.0. The maximum atomic E-state index is 5.57. The maximum absolute atomic E-state index is 5.57. The van der Waals surface area contributed by atoms with Crippen LogP contribution in [0, 0.1) is 11.8 Å². The largest absolute Gasteiger partial charge is 0.375 e. The number of rotatable bonds is 4. The topological polar surface area (TPSA) is 40.6 Å². The molecule has 0 aliphatic carbocycles. The molecule has 0 saturated carbocycles. The molecule has 0 bridgehead atoms. The van der Waals surface area contributed by atoms with E-state index in [-0.39, 0.29) is 12.4 Å². The van der Waals surface area contributed by atoms with Gasteiger partial charge in [0.25, 0.3) is 0 Å². The molecule has 0 amide bonds. The summed E-state index contributed by atoms with van der Waals surface area (Å²) in [7, 11) is 1.66. The van der Waals surface area contributed by atoms with Crippen molar-refractivity contribution in [3.05, 3.63) is 28.0 Å². The fourth-order valence-corrected chi connectivity index (χ4v) is 2.71. The number of hydrogen-bond acceptors (Lipinski definition) is 4. The van der Waals surface area contributed by atoms with Crippen molar-refractivity contribution in [2.75, 3.05) is 20.3 Å². The van der Waals surface area contributed by atoms with Crippen molar-refractivity contribution in [2.45, 2.75) is 38.6 Å². The average molecular weight is 354 g/mol. The smallest absolute Gasteiger partial charge is 0.158 e. The monoisotopic (exact) mass is 353 g/mol. The Labute approximate surface area is 134 Å². The van der Waals surface area contributed by atoms with Crippen LogP contribution in [-0.2, 0) is 14.2 Å².